The SMILES string of the molecule is C=C/C=C\N=C(C)C. The first kappa shape index (κ1) is 7.15. The summed E-state index contributed by atoms with van der Waals surface area (Å²) in [5.41, 5.74) is 1.06. The Bertz CT molecular complexity index is 116. The summed E-state index contributed by atoms with van der Waals surface area (Å²) >= 11 is 0. The lowest BCUT2D eigenvalue weighted by Crippen LogP contribution is -1.74. The lowest BCUT2D eigenvalue weighted by Gasteiger charge is -1.78. The minimum atomic E-state index is 1.06. The molecule has 0 radical (unpaired) electrons. The number of aliphatic imine (C=N–C) groups is 1. The fourth-order valence-corrected chi connectivity index (χ4v) is 0.253. The molecule has 0 fully saturated rings. The van der Waals surface area contributed by atoms with E-state index in [4.69, 9.17) is 0 Å². The van der Waals surface area contributed by atoms with Crippen molar-refractivity contribution in [2.75, 3.05) is 0 Å². The zero-order valence-corrected chi connectivity index (χ0v) is 5.39. The number of nitrogens with zero attached hydrogens (tertiary/aromatic N) is 1. The Morgan fingerprint density at radius 2 is 2.12 bits per heavy atom. The van der Waals surface area contributed by atoms with Crippen LogP contribution in [-0.2, 0) is 0 Å². The van der Waals surface area contributed by atoms with E-state index < -0.39 is 0 Å². The fraction of sp³-hybridized carbons (Fsp3) is 0.286. The molecule has 0 amide bonds. The van der Waals surface area contributed by atoms with E-state index in [0.717, 1.165) is 5.71 Å². The minimum absolute atomic E-state index is 1.06. The van der Waals surface area contributed by atoms with Crippen LogP contribution in [0.4, 0.5) is 0 Å². The van der Waals surface area contributed by atoms with Gasteiger partial charge in [-0.2, -0.15) is 0 Å². The number of hydrogen-bond donors (Lipinski definition) is 0. The molecular formula is C7H11N. The van der Waals surface area contributed by atoms with Crippen molar-refractivity contribution in [1.29, 1.82) is 0 Å². The summed E-state index contributed by atoms with van der Waals surface area (Å²) in [4.78, 5) is 3.98. The van der Waals surface area contributed by atoms with E-state index in [0.29, 0.717) is 0 Å². The van der Waals surface area contributed by atoms with Crippen LogP contribution in [0.3, 0.4) is 0 Å². The van der Waals surface area contributed by atoms with Gasteiger partial charge < -0.3 is 0 Å². The van der Waals surface area contributed by atoms with Crippen LogP contribution in [0.2, 0.25) is 0 Å². The molecule has 1 heteroatoms. The van der Waals surface area contributed by atoms with Gasteiger partial charge in [0.1, 0.15) is 0 Å². The Balaban J connectivity index is 3.57. The smallest absolute Gasteiger partial charge is 0.0266 e. The molecule has 0 atom stereocenters. The average Bonchev–Trinajstić information content (AvgIpc) is 1.66. The van der Waals surface area contributed by atoms with E-state index in [9.17, 15) is 0 Å². The van der Waals surface area contributed by atoms with Crippen molar-refractivity contribution in [3.63, 3.8) is 0 Å². The van der Waals surface area contributed by atoms with Gasteiger partial charge in [0.05, 0.1) is 0 Å². The van der Waals surface area contributed by atoms with Crippen LogP contribution in [0, 0.1) is 0 Å². The van der Waals surface area contributed by atoms with E-state index in [1.807, 2.05) is 13.8 Å². The third-order valence-electron chi connectivity index (χ3n) is 0.555. The third-order valence-corrected chi connectivity index (χ3v) is 0.555. The van der Waals surface area contributed by atoms with Gasteiger partial charge in [0.2, 0.25) is 0 Å². The standard InChI is InChI=1S/C7H11N/c1-4-5-6-8-7(2)3/h4-6H,1H2,2-3H3/b6-5-. The summed E-state index contributed by atoms with van der Waals surface area (Å²) < 4.78 is 0. The van der Waals surface area contributed by atoms with E-state index in [1.165, 1.54) is 0 Å². The summed E-state index contributed by atoms with van der Waals surface area (Å²) in [6.07, 6.45) is 5.22. The first-order chi connectivity index (χ1) is 3.77. The van der Waals surface area contributed by atoms with Crippen molar-refractivity contribution in [1.82, 2.24) is 0 Å². The van der Waals surface area contributed by atoms with E-state index >= 15 is 0 Å². The second-order valence-electron chi connectivity index (χ2n) is 1.65. The maximum absolute atomic E-state index is 3.98. The highest BCUT2D eigenvalue weighted by molar-refractivity contribution is 5.79. The largest absolute Gasteiger partial charge is 0.266 e. The average molecular weight is 109 g/mol. The molecule has 1 nitrogen and oxygen atoms in total. The Morgan fingerprint density at radius 3 is 2.50 bits per heavy atom. The molecule has 0 unspecified atom stereocenters. The summed E-state index contributed by atoms with van der Waals surface area (Å²) in [6, 6.07) is 0. The number of rotatable bonds is 2. The summed E-state index contributed by atoms with van der Waals surface area (Å²) in [5, 5.41) is 0. The molecule has 0 aliphatic rings. The van der Waals surface area contributed by atoms with Gasteiger partial charge in [0.15, 0.2) is 0 Å². The van der Waals surface area contributed by atoms with Crippen molar-refractivity contribution in [3.05, 3.63) is 24.9 Å². The van der Waals surface area contributed by atoms with Crippen LogP contribution in [-0.4, -0.2) is 5.71 Å². The second kappa shape index (κ2) is 4.31. The normalized spacial score (nSPS) is 9.25. The van der Waals surface area contributed by atoms with Crippen molar-refractivity contribution < 1.29 is 0 Å². The molecule has 0 spiro atoms. The van der Waals surface area contributed by atoms with Crippen molar-refractivity contribution >= 4 is 5.71 Å². The van der Waals surface area contributed by atoms with Gasteiger partial charge in [-0.25, -0.2) is 0 Å². The van der Waals surface area contributed by atoms with Gasteiger partial charge in [-0.05, 0) is 19.9 Å². The molecule has 0 bridgehead atoms. The lowest BCUT2D eigenvalue weighted by atomic mass is 10.5. The number of hydrogen-bond acceptors (Lipinski definition) is 1. The van der Waals surface area contributed by atoms with Gasteiger partial charge in [-0.15, -0.1) is 0 Å². The minimum Gasteiger partial charge on any atom is -0.266 e. The van der Waals surface area contributed by atoms with Gasteiger partial charge in [-0.1, -0.05) is 12.7 Å². The Kier molecular flexibility index (Phi) is 3.85. The first-order valence-corrected chi connectivity index (χ1v) is 2.56. The zero-order valence-electron chi connectivity index (χ0n) is 5.39. The highest BCUT2D eigenvalue weighted by Crippen LogP contribution is 1.77. The lowest BCUT2D eigenvalue weighted by molar-refractivity contribution is 1.50. The quantitative estimate of drug-likeness (QED) is 0.380. The molecule has 0 saturated carbocycles. The fourth-order valence-electron chi connectivity index (χ4n) is 0.253. The van der Waals surface area contributed by atoms with Crippen LogP contribution >= 0.6 is 0 Å². The van der Waals surface area contributed by atoms with Crippen LogP contribution in [0.25, 0.3) is 0 Å². The van der Waals surface area contributed by atoms with Crippen LogP contribution in [0.5, 0.6) is 0 Å². The molecule has 0 aliphatic heterocycles. The maximum Gasteiger partial charge on any atom is 0.0266 e. The predicted molar refractivity (Wildman–Crippen MR) is 38.1 cm³/mol. The predicted octanol–water partition coefficient (Wildman–Crippen LogP) is 2.17. The summed E-state index contributed by atoms with van der Waals surface area (Å²) in [7, 11) is 0. The third kappa shape index (κ3) is 5.15. The second-order valence-corrected chi connectivity index (χ2v) is 1.65. The number of allylic oxidation sites excluding steroid dienone is 2. The molecule has 0 rings (SSSR count). The van der Waals surface area contributed by atoms with Gasteiger partial charge in [-0.3, -0.25) is 4.99 Å². The van der Waals surface area contributed by atoms with E-state index in [1.54, 1.807) is 18.4 Å². The Hall–Kier alpha value is -0.850. The highest BCUT2D eigenvalue weighted by atomic mass is 14.7. The molecule has 0 N–H and O–H groups in total. The molecule has 0 aromatic rings. The molecule has 8 heavy (non-hydrogen) atoms. The molecule has 0 heterocycles. The molecule has 0 aromatic carbocycles. The van der Waals surface area contributed by atoms with Crippen LogP contribution in [0.15, 0.2) is 29.9 Å². The van der Waals surface area contributed by atoms with Crippen molar-refractivity contribution in [3.8, 4) is 0 Å². The molecule has 0 saturated heterocycles. The van der Waals surface area contributed by atoms with Crippen molar-refractivity contribution in [2.45, 2.75) is 13.8 Å². The monoisotopic (exact) mass is 109 g/mol. The first-order valence-electron chi connectivity index (χ1n) is 2.56. The van der Waals surface area contributed by atoms with E-state index in [2.05, 4.69) is 11.6 Å². The molecule has 0 aliphatic carbocycles. The Labute approximate surface area is 50.4 Å². The highest BCUT2D eigenvalue weighted by Gasteiger charge is 1.67. The maximum atomic E-state index is 3.98. The summed E-state index contributed by atoms with van der Waals surface area (Å²) in [6.45, 7) is 7.41. The molecular weight excluding hydrogens is 98.1 g/mol. The zero-order chi connectivity index (χ0) is 6.41. The topological polar surface area (TPSA) is 12.4 Å². The van der Waals surface area contributed by atoms with Gasteiger partial charge in [0, 0.05) is 11.9 Å². The molecule has 0 aromatic heterocycles. The van der Waals surface area contributed by atoms with Crippen molar-refractivity contribution in [2.24, 2.45) is 4.99 Å². The summed E-state index contributed by atoms with van der Waals surface area (Å²) in [5.74, 6) is 0. The van der Waals surface area contributed by atoms with Crippen LogP contribution in [0.1, 0.15) is 13.8 Å². The van der Waals surface area contributed by atoms with Gasteiger partial charge in [0.25, 0.3) is 0 Å². The molecule has 44 valence electrons. The van der Waals surface area contributed by atoms with Gasteiger partial charge >= 0.3 is 0 Å². The Morgan fingerprint density at radius 1 is 1.50 bits per heavy atom. The van der Waals surface area contributed by atoms with E-state index in [-0.39, 0.29) is 0 Å². The van der Waals surface area contributed by atoms with Crippen LogP contribution < -0.4 is 0 Å².